The van der Waals surface area contributed by atoms with Crippen LogP contribution in [0, 0.1) is 0 Å². The van der Waals surface area contributed by atoms with Gasteiger partial charge in [0.1, 0.15) is 0 Å². The van der Waals surface area contributed by atoms with Crippen molar-refractivity contribution >= 4 is 6.03 Å². The second-order valence-electron chi connectivity index (χ2n) is 4.26. The van der Waals surface area contributed by atoms with Crippen LogP contribution in [0.3, 0.4) is 0 Å². The van der Waals surface area contributed by atoms with E-state index < -0.39 is 6.10 Å². The first-order chi connectivity index (χ1) is 7.72. The second kappa shape index (κ2) is 7.28. The first-order valence-corrected chi connectivity index (χ1v) is 6.11. The molecule has 0 saturated carbocycles. The van der Waals surface area contributed by atoms with Crippen molar-refractivity contribution in [1.29, 1.82) is 0 Å². The molecule has 0 aromatic rings. The summed E-state index contributed by atoms with van der Waals surface area (Å²) in [6.07, 6.45) is 8.58. The Morgan fingerprint density at radius 3 is 3.06 bits per heavy atom. The highest BCUT2D eigenvalue weighted by molar-refractivity contribution is 5.74. The molecule has 2 atom stereocenters. The molecule has 1 aliphatic rings. The number of nitrogens with one attached hydrogen (secondary N) is 2. The lowest BCUT2D eigenvalue weighted by atomic mass is 10.0. The van der Waals surface area contributed by atoms with Gasteiger partial charge in [0.2, 0.25) is 0 Å². The van der Waals surface area contributed by atoms with Gasteiger partial charge in [0.15, 0.2) is 0 Å². The first-order valence-electron chi connectivity index (χ1n) is 6.11. The lowest BCUT2D eigenvalue weighted by Crippen LogP contribution is -2.44. The van der Waals surface area contributed by atoms with Crippen LogP contribution >= 0.6 is 0 Å². The van der Waals surface area contributed by atoms with Gasteiger partial charge in [-0.25, -0.2) is 4.79 Å². The quantitative estimate of drug-likeness (QED) is 0.623. The van der Waals surface area contributed by atoms with Gasteiger partial charge in [-0.2, -0.15) is 0 Å². The number of carbonyl (C=O) groups excluding carboxylic acids is 1. The molecule has 4 heteroatoms. The molecule has 0 aromatic carbocycles. The molecule has 0 aliphatic heterocycles. The molecule has 0 bridgehead atoms. The van der Waals surface area contributed by atoms with Gasteiger partial charge >= 0.3 is 6.03 Å². The number of hydrogen-bond acceptors (Lipinski definition) is 2. The molecule has 0 saturated heterocycles. The van der Waals surface area contributed by atoms with Gasteiger partial charge in [-0.15, -0.1) is 0 Å². The summed E-state index contributed by atoms with van der Waals surface area (Å²) >= 11 is 0. The molecule has 0 spiro atoms. The topological polar surface area (TPSA) is 61.4 Å². The van der Waals surface area contributed by atoms with Crippen molar-refractivity contribution in [3.63, 3.8) is 0 Å². The molecule has 92 valence electrons. The molecule has 0 radical (unpaired) electrons. The third kappa shape index (κ3) is 5.16. The van der Waals surface area contributed by atoms with Crippen LogP contribution < -0.4 is 10.6 Å². The number of rotatable bonds is 5. The van der Waals surface area contributed by atoms with E-state index in [-0.39, 0.29) is 12.1 Å². The van der Waals surface area contributed by atoms with Crippen LogP contribution in [-0.2, 0) is 0 Å². The Morgan fingerprint density at radius 2 is 2.44 bits per heavy atom. The van der Waals surface area contributed by atoms with Crippen LogP contribution in [0.25, 0.3) is 0 Å². The van der Waals surface area contributed by atoms with Gasteiger partial charge in [-0.1, -0.05) is 25.5 Å². The zero-order chi connectivity index (χ0) is 11.8. The van der Waals surface area contributed by atoms with Crippen molar-refractivity contribution in [1.82, 2.24) is 10.6 Å². The summed E-state index contributed by atoms with van der Waals surface area (Å²) in [5.41, 5.74) is 0. The number of aliphatic hydroxyl groups is 1. The average molecular weight is 226 g/mol. The molecule has 2 amide bonds. The van der Waals surface area contributed by atoms with E-state index in [9.17, 15) is 9.90 Å². The number of carbonyl (C=O) groups is 1. The number of hydrogen-bond donors (Lipinski definition) is 3. The van der Waals surface area contributed by atoms with Crippen LogP contribution in [0.5, 0.6) is 0 Å². The zero-order valence-corrected chi connectivity index (χ0v) is 9.91. The predicted octanol–water partition coefficient (Wildman–Crippen LogP) is 1.56. The van der Waals surface area contributed by atoms with E-state index >= 15 is 0 Å². The number of urea groups is 1. The Bertz CT molecular complexity index is 241. The van der Waals surface area contributed by atoms with Gasteiger partial charge in [0, 0.05) is 12.6 Å². The van der Waals surface area contributed by atoms with Crippen molar-refractivity contribution < 1.29 is 9.90 Å². The fourth-order valence-corrected chi connectivity index (χ4v) is 1.80. The fourth-order valence-electron chi connectivity index (χ4n) is 1.80. The third-order valence-electron chi connectivity index (χ3n) is 2.69. The maximum atomic E-state index is 11.5. The van der Waals surface area contributed by atoms with Crippen molar-refractivity contribution in [2.75, 3.05) is 6.54 Å². The smallest absolute Gasteiger partial charge is 0.315 e. The molecule has 3 N–H and O–H groups in total. The lowest BCUT2D eigenvalue weighted by Gasteiger charge is -2.19. The summed E-state index contributed by atoms with van der Waals surface area (Å²) < 4.78 is 0. The van der Waals surface area contributed by atoms with Gasteiger partial charge in [-0.3, -0.25) is 0 Å². The summed E-state index contributed by atoms with van der Waals surface area (Å²) in [6.45, 7) is 2.34. The molecule has 1 aliphatic carbocycles. The predicted molar refractivity (Wildman–Crippen MR) is 64.2 cm³/mol. The number of amides is 2. The van der Waals surface area contributed by atoms with Crippen LogP contribution in [0.1, 0.15) is 39.0 Å². The Morgan fingerprint density at radius 1 is 1.62 bits per heavy atom. The first kappa shape index (κ1) is 13.0. The minimum absolute atomic E-state index is 0.150. The van der Waals surface area contributed by atoms with Gasteiger partial charge in [-0.05, 0) is 25.7 Å². The van der Waals surface area contributed by atoms with Crippen LogP contribution in [0.15, 0.2) is 12.2 Å². The van der Waals surface area contributed by atoms with E-state index in [4.69, 9.17) is 0 Å². The maximum Gasteiger partial charge on any atom is 0.315 e. The standard InChI is InChI=1S/C12H22N2O2/c1-2-6-11(15)9-13-12(16)14-10-7-4-3-5-8-10/h4,7,10-11,15H,2-3,5-6,8-9H2,1H3,(H2,13,14,16). The largest absolute Gasteiger partial charge is 0.391 e. The summed E-state index contributed by atoms with van der Waals surface area (Å²) in [7, 11) is 0. The van der Waals surface area contributed by atoms with E-state index in [0.29, 0.717) is 6.54 Å². The van der Waals surface area contributed by atoms with E-state index in [1.54, 1.807) is 0 Å². The van der Waals surface area contributed by atoms with E-state index in [1.807, 2.05) is 13.0 Å². The highest BCUT2D eigenvalue weighted by atomic mass is 16.3. The van der Waals surface area contributed by atoms with Crippen LogP contribution in [-0.4, -0.2) is 29.8 Å². The highest BCUT2D eigenvalue weighted by Crippen LogP contribution is 2.09. The molecular formula is C12H22N2O2. The van der Waals surface area contributed by atoms with Crippen LogP contribution in [0.2, 0.25) is 0 Å². The summed E-state index contributed by atoms with van der Waals surface area (Å²) in [4.78, 5) is 11.5. The maximum absolute atomic E-state index is 11.5. The van der Waals surface area contributed by atoms with E-state index in [1.165, 1.54) is 0 Å². The molecule has 0 fully saturated rings. The van der Waals surface area contributed by atoms with Crippen LogP contribution in [0.4, 0.5) is 4.79 Å². The van der Waals surface area contributed by atoms with Crippen molar-refractivity contribution in [3.8, 4) is 0 Å². The van der Waals surface area contributed by atoms with E-state index in [2.05, 4.69) is 16.7 Å². The van der Waals surface area contributed by atoms with E-state index in [0.717, 1.165) is 32.1 Å². The fraction of sp³-hybridized carbons (Fsp3) is 0.750. The molecule has 16 heavy (non-hydrogen) atoms. The summed E-state index contributed by atoms with van der Waals surface area (Å²) in [6, 6.07) is -0.0382. The normalized spacial score (nSPS) is 21.5. The lowest BCUT2D eigenvalue weighted by molar-refractivity contribution is 0.160. The monoisotopic (exact) mass is 226 g/mol. The number of aliphatic hydroxyl groups excluding tert-OH is 1. The zero-order valence-electron chi connectivity index (χ0n) is 9.91. The third-order valence-corrected chi connectivity index (χ3v) is 2.69. The Hall–Kier alpha value is -1.03. The minimum atomic E-state index is -0.433. The second-order valence-corrected chi connectivity index (χ2v) is 4.26. The Labute approximate surface area is 97.1 Å². The average Bonchev–Trinajstić information content (AvgIpc) is 2.28. The SMILES string of the molecule is CCCC(O)CNC(=O)NC1C=CCCC1. The van der Waals surface area contributed by atoms with Gasteiger partial charge < -0.3 is 15.7 Å². The minimum Gasteiger partial charge on any atom is -0.391 e. The van der Waals surface area contributed by atoms with Gasteiger partial charge in [0.25, 0.3) is 0 Å². The molecule has 4 nitrogen and oxygen atoms in total. The molecular weight excluding hydrogens is 204 g/mol. The van der Waals surface area contributed by atoms with Gasteiger partial charge in [0.05, 0.1) is 6.10 Å². The van der Waals surface area contributed by atoms with Crippen molar-refractivity contribution in [2.45, 2.75) is 51.2 Å². The molecule has 1 rings (SSSR count). The summed E-state index contributed by atoms with van der Waals surface area (Å²) in [5.74, 6) is 0. The summed E-state index contributed by atoms with van der Waals surface area (Å²) in [5, 5.41) is 15.0. The molecule has 0 heterocycles. The number of allylic oxidation sites excluding steroid dienone is 1. The van der Waals surface area contributed by atoms with Crippen molar-refractivity contribution in [3.05, 3.63) is 12.2 Å². The Balaban J connectivity index is 2.15. The van der Waals surface area contributed by atoms with Crippen molar-refractivity contribution in [2.24, 2.45) is 0 Å². The Kier molecular flexibility index (Phi) is 5.93. The molecule has 0 aromatic heterocycles. The molecule has 2 unspecified atom stereocenters. The highest BCUT2D eigenvalue weighted by Gasteiger charge is 2.11.